The summed E-state index contributed by atoms with van der Waals surface area (Å²) >= 11 is 1.85. The number of nitrogens with one attached hydrogen (secondary N) is 4. The van der Waals surface area contributed by atoms with Crippen molar-refractivity contribution in [2.24, 2.45) is 0 Å². The van der Waals surface area contributed by atoms with E-state index in [1.807, 2.05) is 11.8 Å². The van der Waals surface area contributed by atoms with Crippen LogP contribution >= 0.6 is 11.8 Å². The highest BCUT2D eigenvalue weighted by Gasteiger charge is 2.59. The number of carbonyl (C=O) groups excluding carboxylic acids is 4. The largest absolute Gasteiger partial charge is 0.394 e. The molecule has 26 unspecified atom stereocenters. The van der Waals surface area contributed by atoms with Gasteiger partial charge in [0.2, 0.25) is 17.7 Å². The number of amides is 5. The van der Waals surface area contributed by atoms with Crippen molar-refractivity contribution < 1.29 is 142 Å². The van der Waals surface area contributed by atoms with Crippen LogP contribution in [0.1, 0.15) is 59.1 Å². The summed E-state index contributed by atoms with van der Waals surface area (Å²) in [5, 5.41) is 163. The van der Waals surface area contributed by atoms with Crippen LogP contribution < -0.4 is 21.3 Å². The number of fused-ring (bicyclic) bond motifs is 1. The predicted molar refractivity (Wildman–Crippen MR) is 309 cm³/mol. The average Bonchev–Trinajstić information content (AvgIpc) is 1.54. The molecule has 28 atom stereocenters. The van der Waals surface area contributed by atoms with E-state index in [0.717, 1.165) is 43.8 Å². The average molecular weight is 1360 g/mol. The fourth-order valence-electron chi connectivity index (χ4n) is 11.9. The lowest BCUT2D eigenvalue weighted by Gasteiger charge is -2.52. The van der Waals surface area contributed by atoms with Crippen molar-refractivity contribution in [3.8, 4) is 0 Å². The molecule has 38 heteroatoms. The molecule has 1 aromatic rings. The van der Waals surface area contributed by atoms with E-state index in [-0.39, 0.29) is 56.9 Å². The third-order valence-corrected chi connectivity index (χ3v) is 18.6. The number of carbonyl (C=O) groups is 4. The van der Waals surface area contributed by atoms with Crippen molar-refractivity contribution >= 4 is 35.5 Å². The van der Waals surface area contributed by atoms with Crippen molar-refractivity contribution in [1.82, 2.24) is 41.2 Å². The zero-order valence-electron chi connectivity index (χ0n) is 51.8. The van der Waals surface area contributed by atoms with Crippen LogP contribution in [0.4, 0.5) is 4.79 Å². The van der Waals surface area contributed by atoms with Gasteiger partial charge in [-0.25, -0.2) is 9.48 Å². The fraction of sp³-hybridized carbons (Fsp3) is 0.891. The van der Waals surface area contributed by atoms with Crippen LogP contribution in [-0.4, -0.2) is 353 Å². The molecule has 532 valence electrons. The van der Waals surface area contributed by atoms with Gasteiger partial charge in [-0.1, -0.05) is 11.6 Å². The van der Waals surface area contributed by atoms with E-state index < -0.39 is 192 Å². The van der Waals surface area contributed by atoms with E-state index in [0.29, 0.717) is 37.1 Å². The summed E-state index contributed by atoms with van der Waals surface area (Å²) in [4.78, 5) is 51.6. The maximum absolute atomic E-state index is 13.5. The molecule has 7 aliphatic rings. The molecule has 7 fully saturated rings. The molecule has 7 saturated heterocycles. The molecule has 0 radical (unpaired) electrons. The van der Waals surface area contributed by atoms with Crippen LogP contribution in [0.25, 0.3) is 0 Å². The number of hydrogen-bond donors (Lipinski definition) is 17. The minimum absolute atomic E-state index is 0.0495. The van der Waals surface area contributed by atoms with E-state index in [4.69, 9.17) is 56.8 Å². The second-order valence-electron chi connectivity index (χ2n) is 23.8. The first-order valence-corrected chi connectivity index (χ1v) is 32.1. The normalized spacial score (nSPS) is 40.2. The van der Waals surface area contributed by atoms with Crippen molar-refractivity contribution in [3.63, 3.8) is 0 Å². The van der Waals surface area contributed by atoms with E-state index >= 15 is 0 Å². The maximum atomic E-state index is 13.5. The Morgan fingerprint density at radius 1 is 0.634 bits per heavy atom. The first-order valence-electron chi connectivity index (χ1n) is 31.1. The second kappa shape index (κ2) is 35.1. The minimum atomic E-state index is -2.07. The number of unbranched alkanes of at least 4 members (excludes halogenated alkanes) is 1. The van der Waals surface area contributed by atoms with Crippen molar-refractivity contribution in [1.29, 1.82) is 0 Å². The number of rotatable bonds is 32. The van der Waals surface area contributed by atoms with Gasteiger partial charge in [0.25, 0.3) is 0 Å². The van der Waals surface area contributed by atoms with E-state index in [1.165, 1.54) is 24.7 Å². The van der Waals surface area contributed by atoms with Crippen molar-refractivity contribution in [2.75, 3.05) is 71.8 Å². The van der Waals surface area contributed by atoms with Crippen molar-refractivity contribution in [3.05, 3.63) is 11.9 Å². The summed E-state index contributed by atoms with van der Waals surface area (Å²) in [6.45, 7) is 3.38. The highest BCUT2D eigenvalue weighted by atomic mass is 32.2. The zero-order valence-corrected chi connectivity index (χ0v) is 52.6. The van der Waals surface area contributed by atoms with E-state index in [9.17, 15) is 85.6 Å². The number of nitrogens with zero attached hydrogens (tertiary/aromatic N) is 4. The molecule has 7 aliphatic heterocycles. The van der Waals surface area contributed by atoms with Crippen LogP contribution in [0.5, 0.6) is 0 Å². The van der Waals surface area contributed by atoms with Crippen LogP contribution in [0.3, 0.4) is 0 Å². The molecule has 0 aliphatic carbocycles. The van der Waals surface area contributed by atoms with Gasteiger partial charge in [-0.05, 0) is 26.7 Å². The summed E-state index contributed by atoms with van der Waals surface area (Å²) < 4.78 is 72.4. The minimum Gasteiger partial charge on any atom is -0.394 e. The Morgan fingerprint density at radius 3 is 1.84 bits per heavy atom. The third kappa shape index (κ3) is 18.9. The SMILES string of the molecule is CC(=O)NC1C(OC2C(O)C(CO)OC(N(Cn3cc(CCOCCOCCOCCNC(=O)CCCCC4SC[C@H]5NC(=O)N[C@@H]45)nn3)C(C)=O)C2O)OC(CO)C(OC2OC(CO)C(O)C(O)C2OC2OC(C)C(O)C(O)C2O)C1OC1OC(C)C(O)C(O)C1O. The third-order valence-electron chi connectivity index (χ3n) is 17.1. The number of hydrogen-bond acceptors (Lipinski definition) is 32. The van der Waals surface area contributed by atoms with Crippen molar-refractivity contribution in [2.45, 2.75) is 237 Å². The number of aliphatic hydroxyl groups is 13. The smallest absolute Gasteiger partial charge is 0.315 e. The standard InChI is InChI=1S/C55H92N8O29S/c1-23-36(70)40(74)43(77)52(84-23)90-47-35(57-25(3)67)51(88-31(20-66)46(47)89-54-49(42(76)38(72)29(18-64)87-54)92-53-44(78)41(75)37(71)24(2)85-53)91-48-39(73)30(19-65)86-50(45(48)79)63(26(4)68)22-62-17-27(60-61-62)9-11-81-13-15-83-16-14-82-12-10-56-33(69)8-6-5-7-32-34-28(21-93-32)58-55(80)59-34/h17,23-24,28-32,34-54,64-66,70-79H,5-16,18-22H2,1-4H3,(H,56,69)(H,57,67)(H2,58,59,80)/t23?,24?,28-,29?,30?,31?,32?,34-,35?,36?,37?,38?,39?,40?,41?,42?,43?,44?,45?,46?,47?,48?,49?,50?,51?,52?,53?,54?/m1/s1. The fourth-order valence-corrected chi connectivity index (χ4v) is 13.5. The first-order chi connectivity index (χ1) is 44.4. The van der Waals surface area contributed by atoms with E-state index in [1.54, 1.807) is 0 Å². The monoisotopic (exact) mass is 1360 g/mol. The second-order valence-corrected chi connectivity index (χ2v) is 25.1. The summed E-state index contributed by atoms with van der Waals surface area (Å²) in [5.41, 5.74) is 0.434. The summed E-state index contributed by atoms with van der Waals surface area (Å²) in [5.74, 6) is -0.724. The quantitative estimate of drug-likeness (QED) is 0.0235. The Morgan fingerprint density at radius 2 is 1.22 bits per heavy atom. The number of ether oxygens (including phenoxy) is 12. The molecule has 93 heavy (non-hydrogen) atoms. The van der Waals surface area contributed by atoms with Gasteiger partial charge in [0.15, 0.2) is 31.4 Å². The lowest BCUT2D eigenvalue weighted by Crippen LogP contribution is -2.71. The molecule has 0 aromatic carbocycles. The van der Waals surface area contributed by atoms with Gasteiger partial charge in [-0.3, -0.25) is 19.3 Å². The van der Waals surface area contributed by atoms with Gasteiger partial charge in [-0.15, -0.1) is 5.10 Å². The van der Waals surface area contributed by atoms with Gasteiger partial charge in [0.1, 0.15) is 116 Å². The topological polar surface area (TPSA) is 524 Å². The Hall–Kier alpha value is -3.83. The molecule has 8 rings (SSSR count). The van der Waals surface area contributed by atoms with E-state index in [2.05, 4.69) is 31.6 Å². The zero-order chi connectivity index (χ0) is 67.4. The molecule has 8 heterocycles. The van der Waals surface area contributed by atoms with Gasteiger partial charge >= 0.3 is 6.03 Å². The van der Waals surface area contributed by atoms with Crippen LogP contribution in [0.15, 0.2) is 6.20 Å². The highest BCUT2D eigenvalue weighted by molar-refractivity contribution is 8.00. The number of thioether (sulfide) groups is 1. The Kier molecular flexibility index (Phi) is 28.3. The lowest BCUT2D eigenvalue weighted by molar-refractivity contribution is -0.397. The van der Waals surface area contributed by atoms with Gasteiger partial charge in [0.05, 0.1) is 95.6 Å². The highest BCUT2D eigenvalue weighted by Crippen LogP contribution is 2.38. The Labute approximate surface area is 538 Å². The maximum Gasteiger partial charge on any atom is 0.315 e. The predicted octanol–water partition coefficient (Wildman–Crippen LogP) is -9.19. The molecular formula is C55H92N8O29S. The lowest BCUT2D eigenvalue weighted by atomic mass is 9.93. The Balaban J connectivity index is 0.869. The molecule has 17 N–H and O–H groups in total. The molecule has 1 aromatic heterocycles. The molecule has 0 spiro atoms. The van der Waals surface area contributed by atoms with Crippen LogP contribution in [-0.2, 0) is 84.3 Å². The van der Waals surface area contributed by atoms with Crippen LogP contribution in [0, 0.1) is 0 Å². The number of aromatic nitrogens is 3. The van der Waals surface area contributed by atoms with Gasteiger partial charge in [0, 0.05) is 44.2 Å². The molecule has 37 nitrogen and oxygen atoms in total. The van der Waals surface area contributed by atoms with Gasteiger partial charge in [-0.2, -0.15) is 11.8 Å². The summed E-state index contributed by atoms with van der Waals surface area (Å²) in [6, 6.07) is -1.60. The number of aliphatic hydroxyl groups excluding tert-OH is 13. The molecular weight excluding hydrogens is 1270 g/mol. The summed E-state index contributed by atoms with van der Waals surface area (Å²) in [7, 11) is 0. The van der Waals surface area contributed by atoms with Crippen LogP contribution in [0.2, 0.25) is 0 Å². The first kappa shape index (κ1) is 75.0. The number of urea groups is 1. The molecule has 0 bridgehead atoms. The molecule has 0 saturated carbocycles. The molecule has 5 amide bonds. The summed E-state index contributed by atoms with van der Waals surface area (Å²) in [6.07, 6.45) is -39.1. The Bertz CT molecular complexity index is 2510. The van der Waals surface area contributed by atoms with Gasteiger partial charge < -0.3 is 144 Å².